The molecule has 3 saturated heterocycles. The number of rotatable bonds is 4. The first kappa shape index (κ1) is 28.4. The van der Waals surface area contributed by atoms with E-state index in [1.165, 1.54) is 5.56 Å². The number of hydrogen-bond acceptors (Lipinski definition) is 6. The van der Waals surface area contributed by atoms with Crippen LogP contribution in [0.2, 0.25) is 0 Å². The van der Waals surface area contributed by atoms with Gasteiger partial charge in [-0.05, 0) is 77.1 Å². The molecule has 9 nitrogen and oxygen atoms in total. The molecule has 0 bridgehead atoms. The maximum absolute atomic E-state index is 15.0. The Kier molecular flexibility index (Phi) is 7.62. The molecule has 218 valence electrons. The second-order valence-corrected chi connectivity index (χ2v) is 12.5. The van der Waals surface area contributed by atoms with Crippen LogP contribution in [0.15, 0.2) is 18.2 Å². The number of likely N-dealkylation sites (tertiary alicyclic amines) is 2. The van der Waals surface area contributed by atoms with Gasteiger partial charge in [0.2, 0.25) is 11.8 Å². The number of fused-ring (bicyclic) bond motifs is 1. The summed E-state index contributed by atoms with van der Waals surface area (Å²) in [7, 11) is 1.86. The molecule has 3 amide bonds. The van der Waals surface area contributed by atoms with E-state index in [9.17, 15) is 14.4 Å². The van der Waals surface area contributed by atoms with Crippen LogP contribution in [0.1, 0.15) is 76.0 Å². The van der Waals surface area contributed by atoms with Gasteiger partial charge in [-0.25, -0.2) is 13.6 Å². The Bertz CT molecular complexity index is 1300. The number of carbonyl (C=O) groups is 3. The molecule has 0 spiro atoms. The van der Waals surface area contributed by atoms with E-state index in [1.807, 2.05) is 13.1 Å². The van der Waals surface area contributed by atoms with E-state index in [1.54, 1.807) is 25.5 Å². The Morgan fingerprint density at radius 3 is 2.50 bits per heavy atom. The van der Waals surface area contributed by atoms with Crippen molar-refractivity contribution in [1.82, 2.24) is 24.9 Å². The molecule has 5 rings (SSSR count). The molecule has 2 atom stereocenters. The van der Waals surface area contributed by atoms with Gasteiger partial charge in [0.05, 0.1) is 23.7 Å². The van der Waals surface area contributed by atoms with Crippen LogP contribution in [0.3, 0.4) is 0 Å². The zero-order chi connectivity index (χ0) is 28.8. The molecule has 3 fully saturated rings. The van der Waals surface area contributed by atoms with Gasteiger partial charge >= 0.3 is 6.09 Å². The third-order valence-electron chi connectivity index (χ3n) is 8.41. The van der Waals surface area contributed by atoms with Gasteiger partial charge in [0.1, 0.15) is 5.60 Å². The van der Waals surface area contributed by atoms with Gasteiger partial charge in [-0.15, -0.1) is 0 Å². The first-order valence-corrected chi connectivity index (χ1v) is 14.2. The number of nitrogens with one attached hydrogen (secondary N) is 1. The quantitative estimate of drug-likeness (QED) is 0.565. The molecular weight excluding hydrogens is 520 g/mol. The van der Waals surface area contributed by atoms with Crippen molar-refractivity contribution in [2.24, 2.45) is 13.0 Å². The highest BCUT2D eigenvalue weighted by atomic mass is 19.3. The Balaban J connectivity index is 1.18. The number of aryl methyl sites for hydroxylation is 1. The minimum Gasteiger partial charge on any atom is -0.444 e. The number of alkyl halides is 2. The molecule has 3 aliphatic rings. The molecule has 1 aromatic carbocycles. The molecule has 3 aliphatic heterocycles. The topological polar surface area (TPSA) is 96.8 Å². The second-order valence-electron chi connectivity index (χ2n) is 12.5. The third kappa shape index (κ3) is 5.99. The summed E-state index contributed by atoms with van der Waals surface area (Å²) in [5.74, 6) is -4.43. The first-order chi connectivity index (χ1) is 18.8. The van der Waals surface area contributed by atoms with Crippen LogP contribution in [-0.4, -0.2) is 81.7 Å². The monoisotopic (exact) mass is 559 g/mol. The molecule has 2 aromatic rings. The van der Waals surface area contributed by atoms with Crippen molar-refractivity contribution in [3.63, 3.8) is 0 Å². The van der Waals surface area contributed by atoms with Crippen molar-refractivity contribution in [3.8, 4) is 0 Å². The fraction of sp³-hybridized carbons (Fsp3) is 0.655. The summed E-state index contributed by atoms with van der Waals surface area (Å²) in [6.45, 7) is 6.65. The van der Waals surface area contributed by atoms with Crippen LogP contribution in [0, 0.1) is 5.92 Å². The molecule has 1 unspecified atom stereocenters. The van der Waals surface area contributed by atoms with Crippen LogP contribution >= 0.6 is 0 Å². The SMILES string of the molecule is Cn1nc(C2CCC(=O)NC2=O)c2ccc(C3CCN(C[C@H]4CCN(C(=O)OC(C)(C)C)CC4(F)F)CC3)cc21. The van der Waals surface area contributed by atoms with Crippen LogP contribution in [0.5, 0.6) is 0 Å². The third-order valence-corrected chi connectivity index (χ3v) is 8.41. The summed E-state index contributed by atoms with van der Waals surface area (Å²) in [4.78, 5) is 39.6. The molecule has 40 heavy (non-hydrogen) atoms. The Labute approximate surface area is 233 Å². The summed E-state index contributed by atoms with van der Waals surface area (Å²) >= 11 is 0. The van der Waals surface area contributed by atoms with Crippen molar-refractivity contribution in [1.29, 1.82) is 0 Å². The van der Waals surface area contributed by atoms with Crippen molar-refractivity contribution < 1.29 is 27.9 Å². The lowest BCUT2D eigenvalue weighted by Gasteiger charge is -2.42. The highest BCUT2D eigenvalue weighted by Crippen LogP contribution is 2.37. The summed E-state index contributed by atoms with van der Waals surface area (Å²) in [6.07, 6.45) is 2.06. The predicted octanol–water partition coefficient (Wildman–Crippen LogP) is 4.17. The van der Waals surface area contributed by atoms with Gasteiger partial charge in [0.25, 0.3) is 5.92 Å². The standard InChI is InChI=1S/C29H39F2N5O4/c1-28(2,3)40-27(39)36-14-11-20(29(30,31)17-36)16-35-12-9-18(10-13-35)19-5-6-21-23(15-19)34(4)33-25(21)22-7-8-24(37)32-26(22)38/h5-6,15,18,20,22H,7-14,16-17H2,1-4H3,(H,32,37,38)/t20-,22?/m1/s1. The maximum Gasteiger partial charge on any atom is 0.410 e. The number of ether oxygens (including phenoxy) is 1. The highest BCUT2D eigenvalue weighted by Gasteiger charge is 2.47. The number of piperidine rings is 3. The van der Waals surface area contributed by atoms with Crippen LogP contribution in [-0.2, 0) is 21.4 Å². The van der Waals surface area contributed by atoms with Gasteiger partial charge in [0.15, 0.2) is 0 Å². The van der Waals surface area contributed by atoms with E-state index in [4.69, 9.17) is 4.74 Å². The fourth-order valence-electron chi connectivity index (χ4n) is 6.22. The number of imide groups is 1. The van der Waals surface area contributed by atoms with Gasteiger partial charge in [-0.2, -0.15) is 5.10 Å². The molecular formula is C29H39F2N5O4. The zero-order valence-electron chi connectivity index (χ0n) is 23.7. The first-order valence-electron chi connectivity index (χ1n) is 14.2. The molecule has 11 heteroatoms. The summed E-state index contributed by atoms with van der Waals surface area (Å²) < 4.78 is 37.2. The molecule has 0 aliphatic carbocycles. The van der Waals surface area contributed by atoms with Gasteiger partial charge in [0, 0.05) is 37.9 Å². The molecule has 1 N–H and O–H groups in total. The number of nitrogens with zero attached hydrogens (tertiary/aromatic N) is 4. The van der Waals surface area contributed by atoms with E-state index in [-0.39, 0.29) is 24.8 Å². The van der Waals surface area contributed by atoms with Crippen LogP contribution in [0.25, 0.3) is 10.9 Å². The van der Waals surface area contributed by atoms with Crippen molar-refractivity contribution >= 4 is 28.8 Å². The number of aromatic nitrogens is 2. The average Bonchev–Trinajstić information content (AvgIpc) is 3.20. The predicted molar refractivity (Wildman–Crippen MR) is 145 cm³/mol. The summed E-state index contributed by atoms with van der Waals surface area (Å²) in [5, 5.41) is 7.96. The fourth-order valence-corrected chi connectivity index (χ4v) is 6.22. The van der Waals surface area contributed by atoms with Crippen LogP contribution in [0.4, 0.5) is 13.6 Å². The molecule has 0 saturated carbocycles. The highest BCUT2D eigenvalue weighted by molar-refractivity contribution is 6.02. The maximum atomic E-state index is 15.0. The Hall–Kier alpha value is -3.08. The minimum atomic E-state index is -2.96. The average molecular weight is 560 g/mol. The van der Waals surface area contributed by atoms with Crippen LogP contribution < -0.4 is 5.32 Å². The number of amides is 3. The number of carbonyl (C=O) groups excluding carboxylic acids is 3. The zero-order valence-corrected chi connectivity index (χ0v) is 23.7. The lowest BCUT2D eigenvalue weighted by molar-refractivity contribution is -0.134. The van der Waals surface area contributed by atoms with Gasteiger partial charge in [-0.1, -0.05) is 12.1 Å². The van der Waals surface area contributed by atoms with Crippen molar-refractivity contribution in [2.45, 2.75) is 76.2 Å². The lowest BCUT2D eigenvalue weighted by atomic mass is 9.86. The van der Waals surface area contributed by atoms with Gasteiger partial charge < -0.3 is 14.5 Å². The van der Waals surface area contributed by atoms with E-state index < -0.39 is 36.0 Å². The molecule has 0 radical (unpaired) electrons. The van der Waals surface area contributed by atoms with E-state index in [2.05, 4.69) is 27.4 Å². The number of hydrogen-bond donors (Lipinski definition) is 1. The van der Waals surface area contributed by atoms with E-state index >= 15 is 8.78 Å². The number of benzene rings is 1. The van der Waals surface area contributed by atoms with E-state index in [0.717, 1.165) is 41.7 Å². The number of halogens is 2. The van der Waals surface area contributed by atoms with E-state index in [0.29, 0.717) is 31.0 Å². The van der Waals surface area contributed by atoms with Gasteiger partial charge in [-0.3, -0.25) is 19.6 Å². The summed E-state index contributed by atoms with van der Waals surface area (Å²) in [6, 6.07) is 6.22. The molecule has 1 aromatic heterocycles. The normalized spacial score (nSPS) is 24.8. The summed E-state index contributed by atoms with van der Waals surface area (Å²) in [5.41, 5.74) is 2.10. The Morgan fingerprint density at radius 2 is 1.85 bits per heavy atom. The largest absolute Gasteiger partial charge is 0.444 e. The lowest BCUT2D eigenvalue weighted by Crippen LogP contribution is -2.54. The molecule has 4 heterocycles. The van der Waals surface area contributed by atoms with Crippen molar-refractivity contribution in [3.05, 3.63) is 29.5 Å². The smallest absolute Gasteiger partial charge is 0.410 e. The Morgan fingerprint density at radius 1 is 1.12 bits per heavy atom. The second kappa shape index (κ2) is 10.7. The van der Waals surface area contributed by atoms with Crippen molar-refractivity contribution in [2.75, 3.05) is 32.7 Å². The minimum absolute atomic E-state index is 0.245.